The summed E-state index contributed by atoms with van der Waals surface area (Å²) in [5.41, 5.74) is 0. The topological polar surface area (TPSA) is 9.23 Å². The van der Waals surface area contributed by atoms with E-state index < -0.39 is 39.2 Å². The van der Waals surface area contributed by atoms with E-state index in [2.05, 4.69) is 101 Å². The zero-order valence-electron chi connectivity index (χ0n) is 18.8. The van der Waals surface area contributed by atoms with Crippen LogP contribution in [0.25, 0.3) is 0 Å². The monoisotopic (exact) mass is 484 g/mol. The van der Waals surface area contributed by atoms with Crippen molar-refractivity contribution in [1.82, 2.24) is 0 Å². The summed E-state index contributed by atoms with van der Waals surface area (Å²) in [6.45, 7) is 29.9. The van der Waals surface area contributed by atoms with Gasteiger partial charge in [0.1, 0.15) is 0 Å². The third-order valence-corrected chi connectivity index (χ3v) is 55.7. The molecule has 0 aromatic carbocycles. The first kappa shape index (κ1) is 23.6. The Balaban J connectivity index is 3.99. The van der Waals surface area contributed by atoms with Gasteiger partial charge < -0.3 is 0 Å². The Bertz CT molecular complexity index is 411. The molecule has 0 amide bonds. The summed E-state index contributed by atoms with van der Waals surface area (Å²) in [7, 11) is -3.44. The van der Waals surface area contributed by atoms with Crippen LogP contribution in [-0.4, -0.2) is 61.7 Å². The fourth-order valence-corrected chi connectivity index (χ4v) is 79.4. The molecule has 0 radical (unpaired) electrons. The number of rotatable bonds is 5. The molecule has 0 atom stereocenters. The predicted molar refractivity (Wildman–Crippen MR) is 128 cm³/mol. The number of hydrogen-bond acceptors (Lipinski definition) is 1. The first-order valence-corrected chi connectivity index (χ1v) is 28.2. The van der Waals surface area contributed by atoms with Gasteiger partial charge in [-0.2, -0.15) is 0 Å². The molecule has 0 spiro atoms. The Morgan fingerprint density at radius 3 is 0.958 bits per heavy atom. The SMILES string of the molecule is CO[Si]1([SeH])C([Si](C)(C)C)([Si](C)(C)C)CCC1([Si](C)(C)C)[Si](C)(C)C. The molecule has 0 aromatic heterocycles. The van der Waals surface area contributed by atoms with E-state index in [1.807, 2.05) is 0 Å². The van der Waals surface area contributed by atoms with Crippen molar-refractivity contribution in [2.75, 3.05) is 7.11 Å². The Kier molecular flexibility index (Phi) is 6.19. The van der Waals surface area contributed by atoms with Gasteiger partial charge in [-0.15, -0.1) is 0 Å². The molecule has 1 heterocycles. The summed E-state index contributed by atoms with van der Waals surface area (Å²) in [6, 6.07) is 0. The average Bonchev–Trinajstić information content (AvgIpc) is 2.58. The summed E-state index contributed by atoms with van der Waals surface area (Å²) in [5.74, 6) is 0. The summed E-state index contributed by atoms with van der Waals surface area (Å²) in [5, 5.41) is 0. The van der Waals surface area contributed by atoms with E-state index in [0.717, 1.165) is 0 Å². The van der Waals surface area contributed by atoms with E-state index >= 15 is 0 Å². The molecular formula is C17H44OSeSi5. The van der Waals surface area contributed by atoms with E-state index in [9.17, 15) is 0 Å². The van der Waals surface area contributed by atoms with Gasteiger partial charge >= 0.3 is 166 Å². The predicted octanol–water partition coefficient (Wildman–Crippen LogP) is 5.76. The molecule has 0 N–H and O–H groups in total. The normalized spacial score (nSPS) is 24.2. The Hall–Kier alpha value is 1.56. The van der Waals surface area contributed by atoms with Gasteiger partial charge in [-0.3, -0.25) is 0 Å². The summed E-state index contributed by atoms with van der Waals surface area (Å²) in [4.78, 5) is 0. The fraction of sp³-hybridized carbons (Fsp3) is 1.00. The van der Waals surface area contributed by atoms with Crippen LogP contribution in [0.1, 0.15) is 12.8 Å². The van der Waals surface area contributed by atoms with Crippen LogP contribution in [0.5, 0.6) is 0 Å². The van der Waals surface area contributed by atoms with Crippen LogP contribution in [0.4, 0.5) is 0 Å². The third-order valence-electron chi connectivity index (χ3n) is 7.45. The van der Waals surface area contributed by atoms with Gasteiger partial charge in [0.05, 0.1) is 0 Å². The van der Waals surface area contributed by atoms with Crippen molar-refractivity contribution >= 4 is 54.6 Å². The fourth-order valence-electron chi connectivity index (χ4n) is 7.21. The molecule has 0 bridgehead atoms. The second-order valence-corrected chi connectivity index (χ2v) is 43.9. The zero-order valence-corrected chi connectivity index (χ0v) is 25.6. The molecule has 1 aliphatic rings. The third kappa shape index (κ3) is 2.79. The molecule has 1 saturated heterocycles. The molecule has 1 nitrogen and oxygen atoms in total. The molecule has 24 heavy (non-hydrogen) atoms. The van der Waals surface area contributed by atoms with Gasteiger partial charge in [-0.05, 0) is 0 Å². The Labute approximate surface area is 165 Å². The van der Waals surface area contributed by atoms with E-state index in [1.54, 1.807) is 0 Å². The molecule has 0 aliphatic carbocycles. The zero-order chi connectivity index (χ0) is 19.6. The van der Waals surface area contributed by atoms with Gasteiger partial charge in [0.2, 0.25) is 0 Å². The minimum atomic E-state index is -1.98. The minimum absolute atomic E-state index is 0.558. The molecule has 1 aliphatic heterocycles. The first-order valence-electron chi connectivity index (χ1n) is 9.54. The van der Waals surface area contributed by atoms with Gasteiger partial charge in [-0.1, -0.05) is 0 Å². The van der Waals surface area contributed by atoms with Crippen molar-refractivity contribution in [1.29, 1.82) is 0 Å². The Morgan fingerprint density at radius 1 is 0.625 bits per heavy atom. The summed E-state index contributed by atoms with van der Waals surface area (Å²) >= 11 is 3.34. The molecule has 1 fully saturated rings. The molecule has 1 rings (SSSR count). The standard InChI is InChI=1S/C17H44OSeSi5/c1-18-24(19)16(20(2,3)4,21(5,6)7)14-15-17(24,22(8,9)10)23(11,12)13/h19H,14-15H2,1-13H3. The average molecular weight is 484 g/mol. The molecule has 144 valence electrons. The van der Waals surface area contributed by atoms with Crippen LogP contribution < -0.4 is 0 Å². The molecule has 0 saturated carbocycles. The van der Waals surface area contributed by atoms with Gasteiger partial charge in [0, 0.05) is 0 Å². The maximum atomic E-state index is 6.89. The maximum absolute atomic E-state index is 6.89. The van der Waals surface area contributed by atoms with Gasteiger partial charge in [0.15, 0.2) is 0 Å². The molecule has 0 aromatic rings. The van der Waals surface area contributed by atoms with Gasteiger partial charge in [0.25, 0.3) is 0 Å². The van der Waals surface area contributed by atoms with Crippen LogP contribution in [0.15, 0.2) is 0 Å². The van der Waals surface area contributed by atoms with Crippen molar-refractivity contribution in [3.8, 4) is 0 Å². The Morgan fingerprint density at radius 2 is 0.833 bits per heavy atom. The van der Waals surface area contributed by atoms with Crippen LogP contribution >= 0.6 is 0 Å². The van der Waals surface area contributed by atoms with Crippen LogP contribution in [0.2, 0.25) is 87.1 Å². The van der Waals surface area contributed by atoms with Crippen molar-refractivity contribution in [2.45, 2.75) is 100.0 Å². The first-order chi connectivity index (χ1) is 10.3. The molecule has 0 unspecified atom stereocenters. The van der Waals surface area contributed by atoms with E-state index in [4.69, 9.17) is 4.43 Å². The van der Waals surface area contributed by atoms with Crippen LogP contribution in [0.3, 0.4) is 0 Å². The van der Waals surface area contributed by atoms with Crippen LogP contribution in [0, 0.1) is 0 Å². The van der Waals surface area contributed by atoms with E-state index in [1.165, 1.54) is 12.8 Å². The van der Waals surface area contributed by atoms with Crippen molar-refractivity contribution in [2.24, 2.45) is 0 Å². The van der Waals surface area contributed by atoms with Crippen molar-refractivity contribution in [3.63, 3.8) is 0 Å². The van der Waals surface area contributed by atoms with E-state index in [-0.39, 0.29) is 0 Å². The van der Waals surface area contributed by atoms with Crippen molar-refractivity contribution in [3.05, 3.63) is 0 Å². The second-order valence-electron chi connectivity index (χ2n) is 12.2. The van der Waals surface area contributed by atoms with E-state index in [0.29, 0.717) is 8.57 Å². The van der Waals surface area contributed by atoms with Crippen molar-refractivity contribution < 1.29 is 4.43 Å². The van der Waals surface area contributed by atoms with Gasteiger partial charge in [-0.25, -0.2) is 0 Å². The second kappa shape index (κ2) is 6.29. The number of hydrogen-bond donors (Lipinski definition) is 0. The quantitative estimate of drug-likeness (QED) is 0.452. The molecular weight excluding hydrogens is 440 g/mol. The summed E-state index contributed by atoms with van der Waals surface area (Å²) < 4.78 is 8.00. The van der Waals surface area contributed by atoms with Crippen LogP contribution in [-0.2, 0) is 4.43 Å². The summed E-state index contributed by atoms with van der Waals surface area (Å²) in [6.07, 6.45) is 2.92. The molecule has 7 heteroatoms.